The Morgan fingerprint density at radius 1 is 1.00 bits per heavy atom. The van der Waals surface area contributed by atoms with Gasteiger partial charge in [-0.15, -0.1) is 0 Å². The number of benzene rings is 1. The summed E-state index contributed by atoms with van der Waals surface area (Å²) in [6.07, 6.45) is 5.71. The molecule has 0 saturated heterocycles. The number of aromatic nitrogens is 5. The van der Waals surface area contributed by atoms with E-state index in [2.05, 4.69) is 54.2 Å². The van der Waals surface area contributed by atoms with Gasteiger partial charge in [-0.3, -0.25) is 0 Å². The molecule has 4 atom stereocenters. The van der Waals surface area contributed by atoms with Crippen LogP contribution in [0.2, 0.25) is 0 Å². The van der Waals surface area contributed by atoms with E-state index in [1.165, 1.54) is 29.8 Å². The van der Waals surface area contributed by atoms with Crippen molar-refractivity contribution in [1.82, 2.24) is 34.5 Å². The molecule has 1 aliphatic rings. The van der Waals surface area contributed by atoms with Crippen LogP contribution in [0.1, 0.15) is 24.4 Å². The molecule has 0 bridgehead atoms. The lowest BCUT2D eigenvalue weighted by Gasteiger charge is -2.19. The minimum Gasteiger partial charge on any atom is -0.390 e. The van der Waals surface area contributed by atoms with Crippen molar-refractivity contribution in [3.05, 3.63) is 54.7 Å². The summed E-state index contributed by atoms with van der Waals surface area (Å²) in [6, 6.07) is 10.1. The van der Waals surface area contributed by atoms with Gasteiger partial charge in [0.25, 0.3) is 0 Å². The van der Waals surface area contributed by atoms with Gasteiger partial charge in [0.1, 0.15) is 35.2 Å². The monoisotopic (exact) mass is 508 g/mol. The number of nitrogens with zero attached hydrogens (tertiary/aromatic N) is 5. The minimum absolute atomic E-state index is 0.0716. The number of nitrogens with one attached hydrogen (secondary N) is 2. The van der Waals surface area contributed by atoms with E-state index in [1.807, 2.05) is 16.8 Å². The molecular formula is C25H32N8O2S. The quantitative estimate of drug-likeness (QED) is 0.191. The number of nitrogens with two attached hydrogens (primary N) is 1. The maximum absolute atomic E-state index is 10.9. The molecule has 11 heteroatoms. The Morgan fingerprint density at radius 3 is 2.64 bits per heavy atom. The third-order valence-corrected chi connectivity index (χ3v) is 7.60. The van der Waals surface area contributed by atoms with Gasteiger partial charge in [-0.25, -0.2) is 15.0 Å². The molecule has 3 heterocycles. The first-order chi connectivity index (χ1) is 17.6. The van der Waals surface area contributed by atoms with Crippen LogP contribution in [0.5, 0.6) is 0 Å². The number of rotatable bonds is 11. The van der Waals surface area contributed by atoms with E-state index in [9.17, 15) is 10.2 Å². The summed E-state index contributed by atoms with van der Waals surface area (Å²) < 4.78 is 6.01. The second kappa shape index (κ2) is 11.4. The largest absolute Gasteiger partial charge is 0.390 e. The number of aliphatic hydroxyl groups is 2. The maximum atomic E-state index is 10.9. The Morgan fingerprint density at radius 2 is 1.83 bits per heavy atom. The lowest BCUT2D eigenvalue weighted by atomic mass is 10.1. The van der Waals surface area contributed by atoms with Crippen LogP contribution in [0.15, 0.2) is 49.2 Å². The van der Waals surface area contributed by atoms with Gasteiger partial charge in [0.2, 0.25) is 0 Å². The van der Waals surface area contributed by atoms with Gasteiger partial charge < -0.3 is 31.1 Å². The highest BCUT2D eigenvalue weighted by Gasteiger charge is 2.43. The van der Waals surface area contributed by atoms with Gasteiger partial charge in [0, 0.05) is 24.2 Å². The van der Waals surface area contributed by atoms with E-state index >= 15 is 0 Å². The molecule has 3 aromatic heterocycles. The van der Waals surface area contributed by atoms with Gasteiger partial charge in [-0.2, -0.15) is 4.37 Å². The van der Waals surface area contributed by atoms with E-state index in [0.29, 0.717) is 34.8 Å². The Balaban J connectivity index is 1.15. The fraction of sp³-hybridized carbons (Fsp3) is 0.440. The smallest absolute Gasteiger partial charge is 0.146 e. The molecule has 10 nitrogen and oxygen atoms in total. The highest BCUT2D eigenvalue weighted by molar-refractivity contribution is 7.09. The van der Waals surface area contributed by atoms with E-state index < -0.39 is 12.2 Å². The molecule has 0 unspecified atom stereocenters. The Bertz CT molecular complexity index is 1250. The SMILES string of the molecule is Nc1ncnc2c1c(-c1ncns1)cn2[C@@H]1C[C@H](CNCCCNCCc2ccccc2)[C@@H](O)[C@H]1O. The summed E-state index contributed by atoms with van der Waals surface area (Å²) in [6.45, 7) is 3.37. The Kier molecular flexibility index (Phi) is 7.83. The normalized spacial score (nSPS) is 21.9. The Hall–Kier alpha value is -2.96. The van der Waals surface area contributed by atoms with Crippen molar-refractivity contribution in [1.29, 1.82) is 0 Å². The lowest BCUT2D eigenvalue weighted by Crippen LogP contribution is -2.34. The zero-order valence-electron chi connectivity index (χ0n) is 20.0. The molecule has 5 rings (SSSR count). The van der Waals surface area contributed by atoms with Gasteiger partial charge in [-0.1, -0.05) is 30.3 Å². The molecule has 0 spiro atoms. The minimum atomic E-state index is -0.912. The third kappa shape index (κ3) is 5.25. The number of anilines is 1. The van der Waals surface area contributed by atoms with Crippen molar-refractivity contribution in [2.45, 2.75) is 37.5 Å². The first kappa shape index (κ1) is 24.7. The van der Waals surface area contributed by atoms with Crippen LogP contribution in [0, 0.1) is 5.92 Å². The molecule has 1 aliphatic carbocycles. The lowest BCUT2D eigenvalue weighted by molar-refractivity contribution is 0.00695. The van der Waals surface area contributed by atoms with Gasteiger partial charge >= 0.3 is 0 Å². The number of hydrogen-bond acceptors (Lipinski definition) is 10. The molecule has 1 fully saturated rings. The van der Waals surface area contributed by atoms with Crippen LogP contribution in [-0.4, -0.2) is 72.5 Å². The van der Waals surface area contributed by atoms with Crippen LogP contribution in [0.3, 0.4) is 0 Å². The van der Waals surface area contributed by atoms with Crippen LogP contribution < -0.4 is 16.4 Å². The van der Waals surface area contributed by atoms with Crippen molar-refractivity contribution in [3.63, 3.8) is 0 Å². The van der Waals surface area contributed by atoms with Crippen molar-refractivity contribution >= 4 is 28.4 Å². The average Bonchev–Trinajstić information content (AvgIpc) is 3.62. The van der Waals surface area contributed by atoms with Crippen molar-refractivity contribution < 1.29 is 10.2 Å². The summed E-state index contributed by atoms with van der Waals surface area (Å²) in [7, 11) is 0. The molecule has 0 radical (unpaired) electrons. The fourth-order valence-electron chi connectivity index (χ4n) is 5.02. The summed E-state index contributed by atoms with van der Waals surface area (Å²) in [4.78, 5) is 12.9. The molecule has 0 amide bonds. The van der Waals surface area contributed by atoms with E-state index in [1.54, 1.807) is 0 Å². The fourth-order valence-corrected chi connectivity index (χ4v) is 5.56. The second-order valence-corrected chi connectivity index (χ2v) is 10.0. The van der Waals surface area contributed by atoms with Gasteiger partial charge in [0.05, 0.1) is 17.5 Å². The number of hydrogen-bond donors (Lipinski definition) is 5. The van der Waals surface area contributed by atoms with Gasteiger partial charge in [-0.05, 0) is 56.0 Å². The van der Waals surface area contributed by atoms with Crippen LogP contribution >= 0.6 is 11.5 Å². The van der Waals surface area contributed by atoms with Crippen LogP contribution in [-0.2, 0) is 6.42 Å². The summed E-state index contributed by atoms with van der Waals surface area (Å²) in [5.74, 6) is 0.283. The van der Waals surface area contributed by atoms with Gasteiger partial charge in [0.15, 0.2) is 0 Å². The predicted molar refractivity (Wildman–Crippen MR) is 141 cm³/mol. The van der Waals surface area contributed by atoms with Crippen LogP contribution in [0.4, 0.5) is 5.82 Å². The standard InChI is InChI=1S/C25H32N8O2S/c26-23-20-18(25-31-15-32-36-25)13-33(24(20)30-14-29-23)19-11-17(21(34)22(19)35)12-28-9-4-8-27-10-7-16-5-2-1-3-6-16/h1-3,5-6,13-15,17,19,21-22,27-28,34-35H,4,7-12H2,(H2,26,29,30)/t17-,19-,21-,22+/m1/s1. The molecule has 1 aromatic carbocycles. The first-order valence-corrected chi connectivity index (χ1v) is 13.1. The average molecular weight is 509 g/mol. The van der Waals surface area contributed by atoms with Crippen molar-refractivity contribution in [2.75, 3.05) is 31.9 Å². The van der Waals surface area contributed by atoms with E-state index in [4.69, 9.17) is 5.73 Å². The molecule has 1 saturated carbocycles. The zero-order chi connectivity index (χ0) is 24.9. The second-order valence-electron chi connectivity index (χ2n) is 9.24. The molecule has 36 heavy (non-hydrogen) atoms. The van der Waals surface area contributed by atoms with Crippen molar-refractivity contribution in [3.8, 4) is 10.6 Å². The first-order valence-electron chi connectivity index (χ1n) is 12.3. The molecular weight excluding hydrogens is 476 g/mol. The van der Waals surface area contributed by atoms with Crippen LogP contribution in [0.25, 0.3) is 21.6 Å². The number of fused-ring (bicyclic) bond motifs is 1. The zero-order valence-corrected chi connectivity index (χ0v) is 20.8. The third-order valence-electron chi connectivity index (χ3n) is 6.91. The molecule has 190 valence electrons. The maximum Gasteiger partial charge on any atom is 0.146 e. The van der Waals surface area contributed by atoms with E-state index in [0.717, 1.165) is 38.0 Å². The highest BCUT2D eigenvalue weighted by atomic mass is 32.1. The number of nitrogen functional groups attached to an aromatic ring is 1. The molecule has 4 aromatic rings. The number of aliphatic hydroxyl groups excluding tert-OH is 2. The topological polar surface area (TPSA) is 147 Å². The highest BCUT2D eigenvalue weighted by Crippen LogP contribution is 2.41. The molecule has 0 aliphatic heterocycles. The predicted octanol–water partition coefficient (Wildman–Crippen LogP) is 1.63. The summed E-state index contributed by atoms with van der Waals surface area (Å²) >= 11 is 1.26. The Labute approximate surface area is 213 Å². The van der Waals surface area contributed by atoms with E-state index in [-0.39, 0.29) is 12.0 Å². The summed E-state index contributed by atoms with van der Waals surface area (Å²) in [5, 5.41) is 30.1. The molecule has 6 N–H and O–H groups in total. The summed E-state index contributed by atoms with van der Waals surface area (Å²) in [5.41, 5.74) is 8.93. The van der Waals surface area contributed by atoms with Crippen molar-refractivity contribution in [2.24, 2.45) is 5.92 Å².